The van der Waals surface area contributed by atoms with E-state index in [0.717, 1.165) is 37.5 Å². The van der Waals surface area contributed by atoms with Gasteiger partial charge in [-0.05, 0) is 185 Å². The Bertz CT molecular complexity index is 1370. The predicted molar refractivity (Wildman–Crippen MR) is 218 cm³/mol. The van der Waals surface area contributed by atoms with Crippen molar-refractivity contribution in [2.24, 2.45) is 92.3 Å². The van der Waals surface area contributed by atoms with Crippen molar-refractivity contribution in [3.05, 3.63) is 32.7 Å². The number of hydrogen-bond donors (Lipinski definition) is 4. The summed E-state index contributed by atoms with van der Waals surface area (Å²) in [6, 6.07) is 0.519. The molecule has 0 radical (unpaired) electrons. The summed E-state index contributed by atoms with van der Waals surface area (Å²) in [5, 5.41) is 22.1. The van der Waals surface area contributed by atoms with Crippen LogP contribution < -0.4 is 11.5 Å². The van der Waals surface area contributed by atoms with Gasteiger partial charge in [-0.15, -0.1) is 25.6 Å². The predicted octanol–water partition coefficient (Wildman–Crippen LogP) is 8.87. The molecule has 6 nitrogen and oxygen atoms in total. The molecule has 314 valence electrons. The van der Waals surface area contributed by atoms with Gasteiger partial charge in [-0.2, -0.15) is 0 Å². The number of aliphatic hydroxyl groups excluding tert-OH is 2. The van der Waals surface area contributed by atoms with Gasteiger partial charge in [-0.25, -0.2) is 0 Å². The Balaban J connectivity index is 0.000000198. The maximum atomic E-state index is 11.1. The molecule has 1 aliphatic heterocycles. The number of aliphatic hydroxyl groups is 2. The van der Waals surface area contributed by atoms with Crippen LogP contribution in [0.15, 0.2) is 25.3 Å². The maximum Gasteiger partial charge on any atom is 0.163 e. The molecule has 6 N–H and O–H groups in total. The van der Waals surface area contributed by atoms with Crippen LogP contribution in [0.2, 0.25) is 0 Å². The Labute approximate surface area is 349 Å². The molecule has 9 rings (SSSR count). The van der Waals surface area contributed by atoms with Gasteiger partial charge in [0.2, 0.25) is 0 Å². The van der Waals surface area contributed by atoms with Crippen LogP contribution in [0.5, 0.6) is 0 Å². The maximum absolute atomic E-state index is 11.1. The molecule has 0 spiro atoms. The van der Waals surface area contributed by atoms with Crippen molar-refractivity contribution in [1.82, 2.24) is 0 Å². The zero-order valence-electron chi connectivity index (χ0n) is 34.8. The second-order valence-electron chi connectivity index (χ2n) is 21.3. The standard InChI is InChI=1S/C24H39NO2.C21H35NO2.CH3.ClH.Pd/c1-6-14-7-8-16-19-17(10-12-23(14,16)4)24(5)11-9-15(25)13-18(24)20-21(19)27-22(2,3)26-20;1-4-12-5-6-14-17-15(8-10-20(12,14)2)21(3)9-7-13(22)11-16(21)18(23)19(17)24;;;/h6,14-21H,1,7-13,25H2,2-5H3;4,12-19,23-24H,1,5-11,22H2,2-3H3;1H3;1H;/q;;-1;;/t14-,15-,16?,17?,18?,19?,20+,21+,23+,24+;12-,13-,14?,15?,16?,17?,18+,19+,20+,21+;;;/m00.../s1. The SMILES string of the molecule is C=C[C@H]1CCC2C3C(CC[C@@]21C)[C@@]1(C)CC[C@H](N)CC1[C@@H](O)[C@@H]3O.C=C[C@H]1CCC2C3C(CC[C@@]21C)[C@@]1(C)CC[C@H](N)CC1[C@H]1OC(C)(C)O[C@H]31.Cl.[CH3-].[Pd]. The molecule has 0 aromatic carbocycles. The van der Waals surface area contributed by atoms with Crippen molar-refractivity contribution in [3.63, 3.8) is 0 Å². The fourth-order valence-electron chi connectivity index (χ4n) is 16.4. The van der Waals surface area contributed by atoms with Gasteiger partial charge in [0, 0.05) is 32.5 Å². The number of nitrogens with two attached hydrogens (primary N) is 2. The minimum Gasteiger partial charge on any atom is -0.390 e. The molecule has 8 unspecified atom stereocenters. The van der Waals surface area contributed by atoms with Crippen LogP contribution in [0.4, 0.5) is 0 Å². The number of ether oxygens (including phenoxy) is 2. The molecule has 8 aliphatic carbocycles. The number of allylic oxidation sites excluding steroid dienone is 2. The van der Waals surface area contributed by atoms with E-state index in [0.29, 0.717) is 52.4 Å². The van der Waals surface area contributed by atoms with Gasteiger partial charge in [-0.3, -0.25) is 0 Å². The normalized spacial score (nSPS) is 56.0. The molecule has 20 atom stereocenters. The van der Waals surface area contributed by atoms with Gasteiger partial charge in [0.15, 0.2) is 5.79 Å². The third-order valence-corrected chi connectivity index (χ3v) is 19.1. The molecule has 9 aliphatic rings. The van der Waals surface area contributed by atoms with Gasteiger partial charge >= 0.3 is 0 Å². The van der Waals surface area contributed by atoms with Gasteiger partial charge in [0.25, 0.3) is 0 Å². The summed E-state index contributed by atoms with van der Waals surface area (Å²) in [6.07, 6.45) is 20.4. The molecule has 0 aromatic rings. The summed E-state index contributed by atoms with van der Waals surface area (Å²) in [5.41, 5.74) is 13.8. The van der Waals surface area contributed by atoms with E-state index in [2.05, 4.69) is 66.9 Å². The molecular weight excluding hydrogens is 786 g/mol. The molecular formula is C46H78ClN2O4Pd-. The van der Waals surface area contributed by atoms with E-state index in [9.17, 15) is 10.2 Å². The van der Waals surface area contributed by atoms with E-state index < -0.39 is 18.0 Å². The number of fused-ring (bicyclic) bond motifs is 13. The van der Waals surface area contributed by atoms with Crippen molar-refractivity contribution < 1.29 is 40.1 Å². The molecule has 0 amide bonds. The molecule has 0 aromatic heterocycles. The Morgan fingerprint density at radius 3 is 1.46 bits per heavy atom. The molecule has 8 saturated carbocycles. The van der Waals surface area contributed by atoms with Gasteiger partial charge in [-0.1, -0.05) is 39.8 Å². The van der Waals surface area contributed by atoms with Crippen LogP contribution in [-0.4, -0.2) is 52.5 Å². The molecule has 9 fully saturated rings. The van der Waals surface area contributed by atoms with Crippen molar-refractivity contribution >= 4 is 12.4 Å². The van der Waals surface area contributed by atoms with Gasteiger partial charge in [0.05, 0.1) is 24.4 Å². The van der Waals surface area contributed by atoms with E-state index in [1.807, 2.05) is 0 Å². The van der Waals surface area contributed by atoms with Crippen LogP contribution in [0.1, 0.15) is 131 Å². The van der Waals surface area contributed by atoms with Crippen LogP contribution >= 0.6 is 12.4 Å². The summed E-state index contributed by atoms with van der Waals surface area (Å²) < 4.78 is 13.3. The van der Waals surface area contributed by atoms with Crippen LogP contribution in [0, 0.1) is 88.3 Å². The molecule has 1 heterocycles. The summed E-state index contributed by atoms with van der Waals surface area (Å²) in [7, 11) is 0. The zero-order chi connectivity index (χ0) is 36.5. The van der Waals surface area contributed by atoms with E-state index >= 15 is 0 Å². The Kier molecular flexibility index (Phi) is 13.1. The number of rotatable bonds is 2. The monoisotopic (exact) mass is 863 g/mol. The van der Waals surface area contributed by atoms with Crippen molar-refractivity contribution in [2.45, 2.75) is 174 Å². The molecule has 1 saturated heterocycles. The second-order valence-corrected chi connectivity index (χ2v) is 21.3. The van der Waals surface area contributed by atoms with Crippen LogP contribution in [0.25, 0.3) is 0 Å². The average Bonchev–Trinajstić information content (AvgIpc) is 3.73. The van der Waals surface area contributed by atoms with Crippen LogP contribution in [0.3, 0.4) is 0 Å². The second kappa shape index (κ2) is 15.7. The first kappa shape index (κ1) is 45.3. The van der Waals surface area contributed by atoms with Crippen molar-refractivity contribution in [2.75, 3.05) is 0 Å². The summed E-state index contributed by atoms with van der Waals surface area (Å²) in [5.74, 6) is 4.95. The molecule has 54 heavy (non-hydrogen) atoms. The third-order valence-electron chi connectivity index (χ3n) is 19.1. The fourth-order valence-corrected chi connectivity index (χ4v) is 16.4. The van der Waals surface area contributed by atoms with Gasteiger partial charge < -0.3 is 38.6 Å². The van der Waals surface area contributed by atoms with E-state index in [-0.39, 0.29) is 81.2 Å². The zero-order valence-corrected chi connectivity index (χ0v) is 37.2. The first-order valence-corrected chi connectivity index (χ1v) is 21.5. The Morgan fingerprint density at radius 1 is 0.537 bits per heavy atom. The smallest absolute Gasteiger partial charge is 0.163 e. The van der Waals surface area contributed by atoms with Gasteiger partial charge in [0.1, 0.15) is 0 Å². The largest absolute Gasteiger partial charge is 0.390 e. The van der Waals surface area contributed by atoms with Crippen molar-refractivity contribution in [1.29, 1.82) is 0 Å². The number of halogens is 1. The minimum absolute atomic E-state index is 0. The van der Waals surface area contributed by atoms with Crippen molar-refractivity contribution in [3.8, 4) is 0 Å². The third kappa shape index (κ3) is 6.58. The molecule has 8 heteroatoms. The summed E-state index contributed by atoms with van der Waals surface area (Å²) in [6.45, 7) is 22.4. The Hall–Kier alpha value is 0.192. The number of hydrogen-bond acceptors (Lipinski definition) is 6. The fraction of sp³-hybridized carbons (Fsp3) is 0.891. The average molecular weight is 865 g/mol. The Morgan fingerprint density at radius 2 is 0.944 bits per heavy atom. The van der Waals surface area contributed by atoms with E-state index in [4.69, 9.17) is 20.9 Å². The first-order chi connectivity index (χ1) is 24.0. The van der Waals surface area contributed by atoms with Crippen LogP contribution in [-0.2, 0) is 29.9 Å². The minimum atomic E-state index is -0.604. The summed E-state index contributed by atoms with van der Waals surface area (Å²) >= 11 is 0. The quantitative estimate of drug-likeness (QED) is 0.126. The first-order valence-electron chi connectivity index (χ1n) is 21.5. The molecule has 0 bridgehead atoms. The topological polar surface area (TPSA) is 111 Å². The summed E-state index contributed by atoms with van der Waals surface area (Å²) in [4.78, 5) is 0. The van der Waals surface area contributed by atoms with E-state index in [1.165, 1.54) is 64.2 Å². The van der Waals surface area contributed by atoms with E-state index in [1.54, 1.807) is 0 Å².